The third-order valence-corrected chi connectivity index (χ3v) is 3.56. The van der Waals surface area contributed by atoms with Gasteiger partial charge in [-0.25, -0.2) is 0 Å². The Morgan fingerprint density at radius 2 is 2.00 bits per heavy atom. The van der Waals surface area contributed by atoms with Crippen LogP contribution in [0.5, 0.6) is 0 Å². The predicted octanol–water partition coefficient (Wildman–Crippen LogP) is 0.443. The highest BCUT2D eigenvalue weighted by molar-refractivity contribution is 4.76. The van der Waals surface area contributed by atoms with Crippen LogP contribution in [0.2, 0.25) is 0 Å². The minimum atomic E-state index is -0.0528. The number of aliphatic hydroxyl groups excluding tert-OH is 1. The Balaban J connectivity index is 1.61. The number of hydrogen-bond acceptors (Lipinski definition) is 3. The molecule has 0 aromatic rings. The van der Waals surface area contributed by atoms with Crippen LogP contribution < -0.4 is 5.32 Å². The maximum Gasteiger partial charge on any atom is 0.0679 e. The molecule has 2 N–H and O–H groups in total. The van der Waals surface area contributed by atoms with Crippen LogP contribution in [0.15, 0.2) is 0 Å². The van der Waals surface area contributed by atoms with Crippen LogP contribution in [0.3, 0.4) is 0 Å². The van der Waals surface area contributed by atoms with Crippen LogP contribution in [0, 0.1) is 5.92 Å². The molecule has 82 valence electrons. The maximum atomic E-state index is 9.38. The molecule has 2 fully saturated rings. The predicted molar refractivity (Wildman–Crippen MR) is 57.3 cm³/mol. The Kier molecular flexibility index (Phi) is 3.79. The fourth-order valence-electron chi connectivity index (χ4n) is 2.55. The first-order valence-electron chi connectivity index (χ1n) is 5.96. The van der Waals surface area contributed by atoms with Crippen LogP contribution in [0.25, 0.3) is 0 Å². The molecule has 0 aromatic carbocycles. The van der Waals surface area contributed by atoms with Gasteiger partial charge in [-0.1, -0.05) is 0 Å². The summed E-state index contributed by atoms with van der Waals surface area (Å²) in [5, 5.41) is 12.8. The monoisotopic (exact) mass is 198 g/mol. The molecule has 2 rings (SSSR count). The smallest absolute Gasteiger partial charge is 0.0679 e. The van der Waals surface area contributed by atoms with Crippen LogP contribution in [0.1, 0.15) is 25.7 Å². The van der Waals surface area contributed by atoms with E-state index in [9.17, 15) is 5.11 Å². The highest BCUT2D eigenvalue weighted by Crippen LogP contribution is 2.18. The van der Waals surface area contributed by atoms with Gasteiger partial charge in [-0.05, 0) is 51.2 Å². The van der Waals surface area contributed by atoms with E-state index in [1.807, 2.05) is 0 Å². The Morgan fingerprint density at radius 1 is 1.21 bits per heavy atom. The van der Waals surface area contributed by atoms with E-state index in [1.54, 1.807) is 0 Å². The Bertz CT molecular complexity index is 164. The van der Waals surface area contributed by atoms with Gasteiger partial charge in [-0.2, -0.15) is 0 Å². The number of β-amino-alcohol motifs (C(OH)–C–C–N with tert-alkyl or cyclic N) is 1. The number of rotatable bonds is 3. The average molecular weight is 198 g/mol. The first kappa shape index (κ1) is 10.4. The van der Waals surface area contributed by atoms with Gasteiger partial charge in [0, 0.05) is 13.1 Å². The fourth-order valence-corrected chi connectivity index (χ4v) is 2.55. The van der Waals surface area contributed by atoms with Gasteiger partial charge >= 0.3 is 0 Å². The summed E-state index contributed by atoms with van der Waals surface area (Å²) < 4.78 is 0. The lowest BCUT2D eigenvalue weighted by atomic mass is 9.94. The molecule has 2 saturated heterocycles. The lowest BCUT2D eigenvalue weighted by molar-refractivity contribution is 0.172. The Hall–Kier alpha value is -0.120. The van der Waals surface area contributed by atoms with E-state index < -0.39 is 0 Å². The lowest BCUT2D eigenvalue weighted by Gasteiger charge is -2.24. The normalized spacial score (nSPS) is 31.1. The summed E-state index contributed by atoms with van der Waals surface area (Å²) in [5.74, 6) is 0.925. The summed E-state index contributed by atoms with van der Waals surface area (Å²) in [6.07, 6.45) is 4.94. The zero-order valence-corrected chi connectivity index (χ0v) is 8.91. The molecule has 0 radical (unpaired) electrons. The van der Waals surface area contributed by atoms with Gasteiger partial charge in [-0.3, -0.25) is 0 Å². The molecule has 1 atom stereocenters. The summed E-state index contributed by atoms with van der Waals surface area (Å²) in [4.78, 5) is 2.41. The van der Waals surface area contributed by atoms with E-state index in [2.05, 4.69) is 10.2 Å². The number of likely N-dealkylation sites (tertiary alicyclic amines) is 1. The molecule has 3 nitrogen and oxygen atoms in total. The van der Waals surface area contributed by atoms with Crippen molar-refractivity contribution in [3.8, 4) is 0 Å². The SMILES string of the molecule is O[C@H]1CCN(CCC2CCNCC2)C1. The molecule has 14 heavy (non-hydrogen) atoms. The average Bonchev–Trinajstić information content (AvgIpc) is 2.63. The van der Waals surface area contributed by atoms with Crippen molar-refractivity contribution < 1.29 is 5.11 Å². The molecule has 3 heteroatoms. The Morgan fingerprint density at radius 3 is 2.64 bits per heavy atom. The zero-order valence-electron chi connectivity index (χ0n) is 8.91. The molecular weight excluding hydrogens is 176 g/mol. The van der Waals surface area contributed by atoms with Gasteiger partial charge in [0.25, 0.3) is 0 Å². The lowest BCUT2D eigenvalue weighted by Crippen LogP contribution is -2.31. The molecule has 2 heterocycles. The van der Waals surface area contributed by atoms with Crippen LogP contribution in [0.4, 0.5) is 0 Å². The largest absolute Gasteiger partial charge is 0.392 e. The molecule has 0 aliphatic carbocycles. The minimum Gasteiger partial charge on any atom is -0.392 e. The number of piperidine rings is 1. The van der Waals surface area contributed by atoms with Gasteiger partial charge in [-0.15, -0.1) is 0 Å². The van der Waals surface area contributed by atoms with Crippen molar-refractivity contribution in [1.29, 1.82) is 0 Å². The van der Waals surface area contributed by atoms with Crippen molar-refractivity contribution in [2.75, 3.05) is 32.7 Å². The third kappa shape index (κ3) is 2.94. The second-order valence-corrected chi connectivity index (χ2v) is 4.73. The van der Waals surface area contributed by atoms with E-state index in [1.165, 1.54) is 38.9 Å². The first-order valence-corrected chi connectivity index (χ1v) is 5.96. The topological polar surface area (TPSA) is 35.5 Å². The highest BCUT2D eigenvalue weighted by Gasteiger charge is 2.21. The zero-order chi connectivity index (χ0) is 9.80. The molecule has 0 unspecified atom stereocenters. The summed E-state index contributed by atoms with van der Waals surface area (Å²) in [7, 11) is 0. The van der Waals surface area contributed by atoms with Crippen LogP contribution in [-0.4, -0.2) is 48.8 Å². The molecule has 0 saturated carbocycles. The second kappa shape index (κ2) is 5.10. The van der Waals surface area contributed by atoms with Crippen molar-refractivity contribution in [3.05, 3.63) is 0 Å². The van der Waals surface area contributed by atoms with Crippen molar-refractivity contribution >= 4 is 0 Å². The Labute approximate surface area is 86.5 Å². The summed E-state index contributed by atoms with van der Waals surface area (Å²) in [6, 6.07) is 0. The summed E-state index contributed by atoms with van der Waals surface area (Å²) >= 11 is 0. The number of hydrogen-bond donors (Lipinski definition) is 2. The van der Waals surface area contributed by atoms with Gasteiger partial charge in [0.15, 0.2) is 0 Å². The quantitative estimate of drug-likeness (QED) is 0.691. The maximum absolute atomic E-state index is 9.38. The standard InChI is InChI=1S/C11H22N2O/c14-11-4-8-13(9-11)7-3-10-1-5-12-6-2-10/h10-12,14H,1-9H2/t11-/m0/s1. The van der Waals surface area contributed by atoms with E-state index in [-0.39, 0.29) is 6.10 Å². The number of nitrogens with zero attached hydrogens (tertiary/aromatic N) is 1. The highest BCUT2D eigenvalue weighted by atomic mass is 16.3. The van der Waals surface area contributed by atoms with E-state index in [4.69, 9.17) is 0 Å². The van der Waals surface area contributed by atoms with Crippen molar-refractivity contribution in [3.63, 3.8) is 0 Å². The van der Waals surface area contributed by atoms with Gasteiger partial charge in [0.2, 0.25) is 0 Å². The van der Waals surface area contributed by atoms with Gasteiger partial charge in [0.1, 0.15) is 0 Å². The fraction of sp³-hybridized carbons (Fsp3) is 1.00. The third-order valence-electron chi connectivity index (χ3n) is 3.56. The van der Waals surface area contributed by atoms with E-state index >= 15 is 0 Å². The second-order valence-electron chi connectivity index (χ2n) is 4.73. The molecule has 0 spiro atoms. The van der Waals surface area contributed by atoms with Crippen molar-refractivity contribution in [2.45, 2.75) is 31.8 Å². The summed E-state index contributed by atoms with van der Waals surface area (Å²) in [5.41, 5.74) is 0. The van der Waals surface area contributed by atoms with E-state index in [0.29, 0.717) is 0 Å². The minimum absolute atomic E-state index is 0.0528. The van der Waals surface area contributed by atoms with Gasteiger partial charge in [0.05, 0.1) is 6.10 Å². The van der Waals surface area contributed by atoms with E-state index in [0.717, 1.165) is 25.4 Å². The van der Waals surface area contributed by atoms with Gasteiger partial charge < -0.3 is 15.3 Å². The number of nitrogens with one attached hydrogen (secondary N) is 1. The molecular formula is C11H22N2O. The number of aliphatic hydroxyl groups is 1. The first-order chi connectivity index (χ1) is 6.84. The molecule has 0 bridgehead atoms. The molecule has 2 aliphatic rings. The van der Waals surface area contributed by atoms with Crippen molar-refractivity contribution in [1.82, 2.24) is 10.2 Å². The molecule has 0 amide bonds. The van der Waals surface area contributed by atoms with Crippen LogP contribution >= 0.6 is 0 Å². The van der Waals surface area contributed by atoms with Crippen molar-refractivity contribution in [2.24, 2.45) is 5.92 Å². The molecule has 0 aromatic heterocycles. The van der Waals surface area contributed by atoms with Crippen LogP contribution in [-0.2, 0) is 0 Å². The molecule has 2 aliphatic heterocycles. The summed E-state index contributed by atoms with van der Waals surface area (Å²) in [6.45, 7) is 5.61.